The minimum Gasteiger partial charge on any atom is -0.378 e. The minimum absolute atomic E-state index is 0.0639. The molecule has 3 rings (SSSR count). The number of hydrazine groups is 1. The first-order chi connectivity index (χ1) is 9.74. The third-order valence-corrected chi connectivity index (χ3v) is 5.67. The van der Waals surface area contributed by atoms with Gasteiger partial charge in [-0.2, -0.15) is 0 Å². The summed E-state index contributed by atoms with van der Waals surface area (Å²) in [7, 11) is 1.84. The maximum absolute atomic E-state index is 6.05. The van der Waals surface area contributed by atoms with Crippen LogP contribution < -0.4 is 11.3 Å². The van der Waals surface area contributed by atoms with Gasteiger partial charge in [-0.3, -0.25) is 11.3 Å². The highest BCUT2D eigenvalue weighted by molar-refractivity contribution is 5.03. The third-order valence-electron chi connectivity index (χ3n) is 5.67. The van der Waals surface area contributed by atoms with E-state index < -0.39 is 0 Å². The maximum atomic E-state index is 6.05. The highest BCUT2D eigenvalue weighted by Gasteiger charge is 2.49. The molecule has 5 heteroatoms. The zero-order valence-corrected chi connectivity index (χ0v) is 12.5. The Kier molecular flexibility index (Phi) is 4.34. The predicted octanol–water partition coefficient (Wildman–Crippen LogP) is 1.36. The molecule has 1 saturated carbocycles. The van der Waals surface area contributed by atoms with Crippen molar-refractivity contribution < 1.29 is 14.2 Å². The van der Waals surface area contributed by atoms with Crippen molar-refractivity contribution in [1.29, 1.82) is 0 Å². The molecule has 1 spiro atoms. The van der Waals surface area contributed by atoms with Gasteiger partial charge in [0.2, 0.25) is 0 Å². The van der Waals surface area contributed by atoms with Crippen LogP contribution in [-0.4, -0.2) is 44.2 Å². The summed E-state index contributed by atoms with van der Waals surface area (Å²) in [6.07, 6.45) is 7.81. The van der Waals surface area contributed by atoms with E-state index in [1.807, 2.05) is 7.11 Å². The number of ether oxygens (including phenoxy) is 3. The molecule has 0 amide bonds. The average molecular weight is 284 g/mol. The Balaban J connectivity index is 1.75. The summed E-state index contributed by atoms with van der Waals surface area (Å²) in [6, 6.07) is 0.219. The molecule has 3 unspecified atom stereocenters. The summed E-state index contributed by atoms with van der Waals surface area (Å²) in [6.45, 7) is 2.37. The van der Waals surface area contributed by atoms with E-state index in [0.29, 0.717) is 5.92 Å². The minimum atomic E-state index is -0.0859. The van der Waals surface area contributed by atoms with E-state index in [-0.39, 0.29) is 17.2 Å². The average Bonchev–Trinajstić information content (AvgIpc) is 3.11. The lowest BCUT2D eigenvalue weighted by atomic mass is 9.74. The molecule has 3 atom stereocenters. The summed E-state index contributed by atoms with van der Waals surface area (Å²) >= 11 is 0. The molecule has 5 nitrogen and oxygen atoms in total. The van der Waals surface area contributed by atoms with Gasteiger partial charge in [0, 0.05) is 26.7 Å². The van der Waals surface area contributed by atoms with Crippen LogP contribution in [0.5, 0.6) is 0 Å². The number of nitrogens with two attached hydrogens (primary N) is 1. The van der Waals surface area contributed by atoms with Crippen molar-refractivity contribution in [3.8, 4) is 0 Å². The van der Waals surface area contributed by atoms with E-state index in [4.69, 9.17) is 20.1 Å². The van der Waals surface area contributed by atoms with Crippen molar-refractivity contribution in [3.63, 3.8) is 0 Å². The van der Waals surface area contributed by atoms with E-state index >= 15 is 0 Å². The fourth-order valence-corrected chi connectivity index (χ4v) is 4.55. The molecule has 0 aromatic carbocycles. The Hall–Kier alpha value is -0.200. The van der Waals surface area contributed by atoms with Crippen LogP contribution in [-0.2, 0) is 14.2 Å². The van der Waals surface area contributed by atoms with Crippen molar-refractivity contribution in [2.45, 2.75) is 62.2 Å². The Bertz CT molecular complexity index is 325. The molecule has 0 radical (unpaired) electrons. The van der Waals surface area contributed by atoms with Gasteiger partial charge in [0.15, 0.2) is 0 Å². The number of nitrogens with one attached hydrogen (secondary N) is 1. The van der Waals surface area contributed by atoms with Crippen LogP contribution in [0.1, 0.15) is 44.9 Å². The molecule has 116 valence electrons. The highest BCUT2D eigenvalue weighted by atomic mass is 16.6. The standard InChI is InChI=1S/C15H28N2O3/c1-18-15(5-2-3-6-15)13(17-16)12-4-8-20-14(10-12)7-9-19-11-14/h12-13,17H,2-11,16H2,1H3. The van der Waals surface area contributed by atoms with Crippen molar-refractivity contribution in [2.24, 2.45) is 11.8 Å². The SMILES string of the molecule is COC1(C(NN)C2CCOC3(CCOC3)C2)CCCC1. The topological polar surface area (TPSA) is 65.7 Å². The van der Waals surface area contributed by atoms with Gasteiger partial charge in [0.1, 0.15) is 0 Å². The zero-order valence-electron chi connectivity index (χ0n) is 12.5. The Morgan fingerprint density at radius 3 is 2.65 bits per heavy atom. The van der Waals surface area contributed by atoms with Gasteiger partial charge in [-0.15, -0.1) is 0 Å². The number of hydrogen-bond acceptors (Lipinski definition) is 5. The lowest BCUT2D eigenvalue weighted by Gasteiger charge is -2.46. The quantitative estimate of drug-likeness (QED) is 0.603. The van der Waals surface area contributed by atoms with Crippen LogP contribution in [0.25, 0.3) is 0 Å². The van der Waals surface area contributed by atoms with Gasteiger partial charge in [-0.1, -0.05) is 12.8 Å². The fourth-order valence-electron chi connectivity index (χ4n) is 4.55. The molecular weight excluding hydrogens is 256 g/mol. The highest BCUT2D eigenvalue weighted by Crippen LogP contribution is 2.44. The van der Waals surface area contributed by atoms with Crippen molar-refractivity contribution in [1.82, 2.24) is 5.43 Å². The van der Waals surface area contributed by atoms with E-state index in [2.05, 4.69) is 5.43 Å². The number of methoxy groups -OCH3 is 1. The van der Waals surface area contributed by atoms with E-state index in [1.54, 1.807) is 0 Å². The smallest absolute Gasteiger partial charge is 0.0939 e. The summed E-state index contributed by atoms with van der Waals surface area (Å²) < 4.78 is 17.6. The lowest BCUT2D eigenvalue weighted by molar-refractivity contribution is -0.126. The van der Waals surface area contributed by atoms with Crippen LogP contribution in [0.3, 0.4) is 0 Å². The van der Waals surface area contributed by atoms with Crippen molar-refractivity contribution >= 4 is 0 Å². The maximum Gasteiger partial charge on any atom is 0.0939 e. The van der Waals surface area contributed by atoms with Crippen LogP contribution in [0, 0.1) is 5.92 Å². The summed E-state index contributed by atoms with van der Waals surface area (Å²) in [5, 5.41) is 0. The molecule has 2 heterocycles. The molecule has 3 fully saturated rings. The molecular formula is C15H28N2O3. The summed E-state index contributed by atoms with van der Waals surface area (Å²) in [5.74, 6) is 6.44. The van der Waals surface area contributed by atoms with Gasteiger partial charge in [-0.25, -0.2) is 0 Å². The fraction of sp³-hybridized carbons (Fsp3) is 1.00. The van der Waals surface area contributed by atoms with E-state index in [0.717, 1.165) is 51.9 Å². The molecule has 0 aromatic heterocycles. The van der Waals surface area contributed by atoms with Crippen LogP contribution in [0.2, 0.25) is 0 Å². The molecule has 3 N–H and O–H groups in total. The number of hydrogen-bond donors (Lipinski definition) is 2. The van der Waals surface area contributed by atoms with Crippen LogP contribution in [0.4, 0.5) is 0 Å². The van der Waals surface area contributed by atoms with Gasteiger partial charge in [0.25, 0.3) is 0 Å². The molecule has 20 heavy (non-hydrogen) atoms. The molecule has 2 saturated heterocycles. The van der Waals surface area contributed by atoms with E-state index in [1.165, 1.54) is 12.8 Å². The first-order valence-corrected chi connectivity index (χ1v) is 7.97. The molecule has 0 bridgehead atoms. The second-order valence-corrected chi connectivity index (χ2v) is 6.71. The second-order valence-electron chi connectivity index (χ2n) is 6.71. The first-order valence-electron chi connectivity index (χ1n) is 7.97. The van der Waals surface area contributed by atoms with Gasteiger partial charge in [0.05, 0.1) is 23.9 Å². The summed E-state index contributed by atoms with van der Waals surface area (Å²) in [5.41, 5.74) is 2.94. The third kappa shape index (κ3) is 2.50. The molecule has 0 aromatic rings. The Morgan fingerprint density at radius 2 is 2.05 bits per heavy atom. The predicted molar refractivity (Wildman–Crippen MR) is 76.2 cm³/mol. The monoisotopic (exact) mass is 284 g/mol. The number of rotatable bonds is 4. The Labute approximate surface area is 121 Å². The Morgan fingerprint density at radius 1 is 1.25 bits per heavy atom. The van der Waals surface area contributed by atoms with Gasteiger partial charge >= 0.3 is 0 Å². The van der Waals surface area contributed by atoms with Crippen LogP contribution >= 0.6 is 0 Å². The van der Waals surface area contributed by atoms with Gasteiger partial charge in [-0.05, 0) is 31.6 Å². The largest absolute Gasteiger partial charge is 0.378 e. The lowest BCUT2D eigenvalue weighted by Crippen LogP contribution is -2.59. The zero-order chi connectivity index (χ0) is 14.1. The second kappa shape index (κ2) is 5.89. The van der Waals surface area contributed by atoms with Crippen molar-refractivity contribution in [3.05, 3.63) is 0 Å². The molecule has 2 aliphatic heterocycles. The van der Waals surface area contributed by atoms with Gasteiger partial charge < -0.3 is 14.2 Å². The first kappa shape index (κ1) is 14.7. The summed E-state index contributed by atoms with van der Waals surface area (Å²) in [4.78, 5) is 0. The molecule has 3 aliphatic rings. The molecule has 1 aliphatic carbocycles. The van der Waals surface area contributed by atoms with Crippen LogP contribution in [0.15, 0.2) is 0 Å². The normalized spacial score (nSPS) is 38.4. The van der Waals surface area contributed by atoms with Crippen molar-refractivity contribution in [2.75, 3.05) is 26.9 Å². The van der Waals surface area contributed by atoms with E-state index in [9.17, 15) is 0 Å².